The van der Waals surface area contributed by atoms with Gasteiger partial charge >= 0.3 is 0 Å². The molecule has 0 heterocycles. The van der Waals surface area contributed by atoms with Gasteiger partial charge in [-0.25, -0.2) is 0 Å². The van der Waals surface area contributed by atoms with Crippen molar-refractivity contribution in [3.63, 3.8) is 0 Å². The van der Waals surface area contributed by atoms with Crippen molar-refractivity contribution in [2.45, 2.75) is 45.8 Å². The molecule has 0 fully saturated rings. The lowest BCUT2D eigenvalue weighted by atomic mass is 10.2. The predicted octanol–water partition coefficient (Wildman–Crippen LogP) is 1.54. The Bertz CT molecular complexity index is 198. The molecule has 0 aliphatic rings. The number of amides is 1. The van der Waals surface area contributed by atoms with Crippen molar-refractivity contribution in [3.05, 3.63) is 0 Å². The highest BCUT2D eigenvalue weighted by molar-refractivity contribution is 8.00. The monoisotopic (exact) mass is 264 g/mol. The zero-order chi connectivity index (χ0) is 12.6. The number of hydrogen-bond acceptors (Lipinski definition) is 4. The Morgan fingerprint density at radius 1 is 1.25 bits per heavy atom. The first-order valence-electron chi connectivity index (χ1n) is 5.72. The first kappa shape index (κ1) is 16.1. The van der Waals surface area contributed by atoms with Gasteiger partial charge in [0.25, 0.3) is 0 Å². The molecular formula is C11H24N2OS2. The molecule has 0 saturated carbocycles. The van der Waals surface area contributed by atoms with E-state index in [1.807, 2.05) is 13.8 Å². The average molecular weight is 264 g/mol. The maximum Gasteiger partial charge on any atom is 0.238 e. The number of thiol groups is 1. The fourth-order valence-electron chi connectivity index (χ4n) is 1.25. The molecular weight excluding hydrogens is 240 g/mol. The Labute approximate surface area is 109 Å². The van der Waals surface area contributed by atoms with E-state index in [0.29, 0.717) is 6.04 Å². The van der Waals surface area contributed by atoms with E-state index in [0.717, 1.165) is 17.3 Å². The first-order valence-corrected chi connectivity index (χ1v) is 7.51. The van der Waals surface area contributed by atoms with Crippen molar-refractivity contribution in [1.82, 2.24) is 10.6 Å². The maximum atomic E-state index is 11.9. The summed E-state index contributed by atoms with van der Waals surface area (Å²) in [7, 11) is 0. The molecule has 96 valence electrons. The molecule has 0 aliphatic heterocycles. The molecule has 0 saturated heterocycles. The molecule has 0 radical (unpaired) electrons. The van der Waals surface area contributed by atoms with E-state index in [2.05, 4.69) is 37.1 Å². The van der Waals surface area contributed by atoms with Crippen molar-refractivity contribution < 1.29 is 4.79 Å². The second kappa shape index (κ2) is 9.19. The zero-order valence-electron chi connectivity index (χ0n) is 10.6. The molecule has 0 aromatic carbocycles. The van der Waals surface area contributed by atoms with Crippen molar-refractivity contribution in [1.29, 1.82) is 0 Å². The van der Waals surface area contributed by atoms with Gasteiger partial charge in [0.2, 0.25) is 5.91 Å². The highest BCUT2D eigenvalue weighted by Gasteiger charge is 2.19. The van der Waals surface area contributed by atoms with Crippen molar-refractivity contribution >= 4 is 30.3 Å². The van der Waals surface area contributed by atoms with Crippen LogP contribution >= 0.6 is 24.4 Å². The van der Waals surface area contributed by atoms with Gasteiger partial charge in [-0.15, -0.1) is 0 Å². The number of rotatable bonds is 8. The van der Waals surface area contributed by atoms with Gasteiger partial charge in [-0.3, -0.25) is 4.79 Å². The molecule has 16 heavy (non-hydrogen) atoms. The lowest BCUT2D eigenvalue weighted by Gasteiger charge is -2.21. The SMILES string of the molecule is CC(C)NC(=O)C(CSCCS)NC(C)C. The van der Waals surface area contributed by atoms with Gasteiger partial charge in [0, 0.05) is 23.6 Å². The van der Waals surface area contributed by atoms with E-state index in [1.54, 1.807) is 11.8 Å². The molecule has 0 bridgehead atoms. The third-order valence-electron chi connectivity index (χ3n) is 1.80. The lowest BCUT2D eigenvalue weighted by Crippen LogP contribution is -2.50. The van der Waals surface area contributed by atoms with E-state index in [4.69, 9.17) is 0 Å². The minimum Gasteiger partial charge on any atom is -0.353 e. The maximum absolute atomic E-state index is 11.9. The molecule has 1 atom stereocenters. The van der Waals surface area contributed by atoms with Crippen molar-refractivity contribution in [2.24, 2.45) is 0 Å². The molecule has 5 heteroatoms. The number of nitrogens with one attached hydrogen (secondary N) is 2. The van der Waals surface area contributed by atoms with E-state index in [1.165, 1.54) is 0 Å². The Morgan fingerprint density at radius 2 is 1.88 bits per heavy atom. The second-order valence-corrected chi connectivity index (χ2v) is 5.93. The van der Waals surface area contributed by atoms with Crippen LogP contribution in [0.25, 0.3) is 0 Å². The molecule has 1 amide bonds. The average Bonchev–Trinajstić information content (AvgIpc) is 2.14. The molecule has 0 aliphatic carbocycles. The van der Waals surface area contributed by atoms with E-state index < -0.39 is 0 Å². The minimum atomic E-state index is -0.104. The van der Waals surface area contributed by atoms with Gasteiger partial charge in [-0.2, -0.15) is 24.4 Å². The number of carbonyl (C=O) groups excluding carboxylic acids is 1. The summed E-state index contributed by atoms with van der Waals surface area (Å²) in [6.45, 7) is 8.06. The lowest BCUT2D eigenvalue weighted by molar-refractivity contribution is -0.123. The topological polar surface area (TPSA) is 41.1 Å². The summed E-state index contributed by atoms with van der Waals surface area (Å²) in [5, 5.41) is 6.23. The van der Waals surface area contributed by atoms with Crippen LogP contribution in [0.5, 0.6) is 0 Å². The molecule has 0 spiro atoms. The highest BCUT2D eigenvalue weighted by atomic mass is 32.2. The standard InChI is InChI=1S/C11H24N2OS2/c1-8(2)12-10(7-16-6-5-15)11(14)13-9(3)4/h8-10,12,15H,5-7H2,1-4H3,(H,13,14). The number of thioether (sulfide) groups is 1. The summed E-state index contributed by atoms with van der Waals surface area (Å²) >= 11 is 5.92. The molecule has 0 aromatic heterocycles. The van der Waals surface area contributed by atoms with Gasteiger partial charge in [-0.1, -0.05) is 13.8 Å². The summed E-state index contributed by atoms with van der Waals surface area (Å²) in [6, 6.07) is 0.408. The van der Waals surface area contributed by atoms with Crippen molar-refractivity contribution in [3.8, 4) is 0 Å². The highest BCUT2D eigenvalue weighted by Crippen LogP contribution is 2.05. The summed E-state index contributed by atoms with van der Waals surface area (Å²) in [4.78, 5) is 11.9. The van der Waals surface area contributed by atoms with Crippen LogP contribution in [0.2, 0.25) is 0 Å². The van der Waals surface area contributed by atoms with Crippen LogP contribution < -0.4 is 10.6 Å². The normalized spacial score (nSPS) is 13.2. The Hall–Kier alpha value is 0.130. The molecule has 0 aromatic rings. The smallest absolute Gasteiger partial charge is 0.238 e. The molecule has 0 rings (SSSR count). The Morgan fingerprint density at radius 3 is 2.31 bits per heavy atom. The fourth-order valence-corrected chi connectivity index (χ4v) is 2.42. The number of carbonyl (C=O) groups is 1. The second-order valence-electron chi connectivity index (χ2n) is 4.34. The van der Waals surface area contributed by atoms with E-state index in [-0.39, 0.29) is 18.0 Å². The predicted molar refractivity (Wildman–Crippen MR) is 76.5 cm³/mol. The van der Waals surface area contributed by atoms with Gasteiger partial charge in [-0.05, 0) is 19.6 Å². The summed E-state index contributed by atoms with van der Waals surface area (Å²) in [6.07, 6.45) is 0. The molecule has 2 N–H and O–H groups in total. The van der Waals surface area contributed by atoms with Crippen LogP contribution in [-0.4, -0.2) is 41.3 Å². The summed E-state index contributed by atoms with van der Waals surface area (Å²) in [5.74, 6) is 2.73. The molecule has 1 unspecified atom stereocenters. The quantitative estimate of drug-likeness (QED) is 0.460. The van der Waals surface area contributed by atoms with Crippen LogP contribution in [0.3, 0.4) is 0 Å². The van der Waals surface area contributed by atoms with Gasteiger partial charge in [0.05, 0.1) is 6.04 Å². The summed E-state index contributed by atoms with van der Waals surface area (Å²) < 4.78 is 0. The molecule has 3 nitrogen and oxygen atoms in total. The van der Waals surface area contributed by atoms with Crippen LogP contribution in [0, 0.1) is 0 Å². The summed E-state index contributed by atoms with van der Waals surface area (Å²) in [5.41, 5.74) is 0. The fraction of sp³-hybridized carbons (Fsp3) is 0.909. The van der Waals surface area contributed by atoms with Crippen LogP contribution in [0.15, 0.2) is 0 Å². The van der Waals surface area contributed by atoms with Crippen LogP contribution in [0.1, 0.15) is 27.7 Å². The van der Waals surface area contributed by atoms with E-state index >= 15 is 0 Å². The van der Waals surface area contributed by atoms with Crippen molar-refractivity contribution in [2.75, 3.05) is 17.3 Å². The first-order chi connectivity index (χ1) is 7.47. The zero-order valence-corrected chi connectivity index (χ0v) is 12.3. The minimum absolute atomic E-state index is 0.0929. The van der Waals surface area contributed by atoms with Gasteiger partial charge in [0.1, 0.15) is 0 Å². The Kier molecular flexibility index (Phi) is 9.26. The van der Waals surface area contributed by atoms with Crippen LogP contribution in [-0.2, 0) is 4.79 Å². The largest absolute Gasteiger partial charge is 0.353 e. The van der Waals surface area contributed by atoms with E-state index in [9.17, 15) is 4.79 Å². The number of hydrogen-bond donors (Lipinski definition) is 3. The van der Waals surface area contributed by atoms with Crippen LogP contribution in [0.4, 0.5) is 0 Å². The third kappa shape index (κ3) is 8.30. The Balaban J connectivity index is 4.12. The van der Waals surface area contributed by atoms with Gasteiger partial charge in [0.15, 0.2) is 0 Å². The van der Waals surface area contributed by atoms with Gasteiger partial charge < -0.3 is 10.6 Å². The third-order valence-corrected chi connectivity index (χ3v) is 3.39.